The Morgan fingerprint density at radius 2 is 2.00 bits per heavy atom. The molecule has 2 aromatic rings. The molecular weight excluding hydrogens is 174 g/mol. The van der Waals surface area contributed by atoms with E-state index in [1.54, 1.807) is 0 Å². The molecule has 2 heterocycles. The van der Waals surface area contributed by atoms with Gasteiger partial charge >= 0.3 is 0 Å². The van der Waals surface area contributed by atoms with E-state index in [1.165, 1.54) is 10.8 Å². The summed E-state index contributed by atoms with van der Waals surface area (Å²) in [4.78, 5) is 0. The summed E-state index contributed by atoms with van der Waals surface area (Å²) < 4.78 is 7.40. The fourth-order valence-corrected chi connectivity index (χ4v) is 1.70. The minimum absolute atomic E-state index is 0.446. The predicted octanol–water partition coefficient (Wildman–Crippen LogP) is 1.53. The zero-order valence-electron chi connectivity index (χ0n) is 7.89. The Kier molecular flexibility index (Phi) is 1.74. The molecule has 1 saturated heterocycles. The van der Waals surface area contributed by atoms with Gasteiger partial charge in [-0.2, -0.15) is 0 Å². The van der Waals surface area contributed by atoms with Crippen LogP contribution in [0.25, 0.3) is 10.8 Å². The molecule has 0 aliphatic carbocycles. The fourth-order valence-electron chi connectivity index (χ4n) is 1.70. The second kappa shape index (κ2) is 3.07. The summed E-state index contributed by atoms with van der Waals surface area (Å²) in [5.74, 6) is 0. The lowest BCUT2D eigenvalue weighted by atomic mass is 10.2. The molecule has 1 aromatic carbocycles. The van der Waals surface area contributed by atoms with Gasteiger partial charge in [-0.15, -0.1) is 0 Å². The second-order valence-corrected chi connectivity index (χ2v) is 3.73. The van der Waals surface area contributed by atoms with E-state index in [-0.39, 0.29) is 0 Å². The minimum Gasteiger partial charge on any atom is -0.366 e. The summed E-state index contributed by atoms with van der Waals surface area (Å²) in [6, 6.07) is 10.6. The maximum Gasteiger partial charge on any atom is 0.176 e. The van der Waals surface area contributed by atoms with Gasteiger partial charge in [0.1, 0.15) is 6.10 Å². The van der Waals surface area contributed by atoms with E-state index in [0.29, 0.717) is 6.10 Å². The number of nitrogens with zero attached hydrogens (tertiary/aromatic N) is 1. The molecule has 2 nitrogen and oxygen atoms in total. The van der Waals surface area contributed by atoms with Crippen LogP contribution in [-0.4, -0.2) is 12.7 Å². The number of hydrogen-bond donors (Lipinski definition) is 0. The van der Waals surface area contributed by atoms with Crippen molar-refractivity contribution in [3.63, 3.8) is 0 Å². The van der Waals surface area contributed by atoms with Crippen molar-refractivity contribution in [2.75, 3.05) is 6.61 Å². The molecule has 1 atom stereocenters. The predicted molar refractivity (Wildman–Crippen MR) is 53.9 cm³/mol. The number of aromatic nitrogens is 1. The van der Waals surface area contributed by atoms with E-state index >= 15 is 0 Å². The van der Waals surface area contributed by atoms with Crippen molar-refractivity contribution >= 4 is 10.8 Å². The Morgan fingerprint density at radius 1 is 1.21 bits per heavy atom. The standard InChI is InChI=1S/C12H12NO/c1-2-4-11-7-13(8-12-9-14-12)6-5-10(11)3-1/h1-7,12H,8-9H2/q+1/t12-/m0/s1. The molecular formula is C12H12NO+. The smallest absolute Gasteiger partial charge is 0.176 e. The van der Waals surface area contributed by atoms with Crippen molar-refractivity contribution in [3.8, 4) is 0 Å². The number of ether oxygens (including phenoxy) is 1. The van der Waals surface area contributed by atoms with E-state index < -0.39 is 0 Å². The largest absolute Gasteiger partial charge is 0.366 e. The van der Waals surface area contributed by atoms with Crippen LogP contribution < -0.4 is 4.57 Å². The molecule has 0 saturated carbocycles. The Balaban J connectivity index is 2.01. The van der Waals surface area contributed by atoms with E-state index in [9.17, 15) is 0 Å². The van der Waals surface area contributed by atoms with Crippen LogP contribution in [0.3, 0.4) is 0 Å². The summed E-state index contributed by atoms with van der Waals surface area (Å²) in [6.45, 7) is 1.89. The SMILES string of the molecule is c1ccc2c[n+](C[C@H]3CO3)ccc2c1. The van der Waals surface area contributed by atoms with Gasteiger partial charge in [-0.3, -0.25) is 0 Å². The van der Waals surface area contributed by atoms with Gasteiger partial charge in [-0.25, -0.2) is 4.57 Å². The molecule has 2 heteroatoms. The number of pyridine rings is 1. The van der Waals surface area contributed by atoms with Crippen molar-refractivity contribution in [3.05, 3.63) is 42.7 Å². The molecule has 1 fully saturated rings. The molecule has 1 aromatic heterocycles. The molecule has 0 spiro atoms. The normalized spacial score (nSPS) is 19.9. The van der Waals surface area contributed by atoms with Crippen molar-refractivity contribution < 1.29 is 9.30 Å². The molecule has 0 N–H and O–H groups in total. The van der Waals surface area contributed by atoms with Crippen molar-refractivity contribution in [1.82, 2.24) is 0 Å². The van der Waals surface area contributed by atoms with Crippen LogP contribution in [0, 0.1) is 0 Å². The van der Waals surface area contributed by atoms with Crippen molar-refractivity contribution in [2.24, 2.45) is 0 Å². The van der Waals surface area contributed by atoms with Gasteiger partial charge in [-0.05, 0) is 11.5 Å². The van der Waals surface area contributed by atoms with E-state index in [0.717, 1.165) is 13.2 Å². The average Bonchev–Trinajstić information content (AvgIpc) is 3.02. The minimum atomic E-state index is 0.446. The lowest BCUT2D eigenvalue weighted by Crippen LogP contribution is -2.35. The van der Waals surface area contributed by atoms with Crippen LogP contribution in [-0.2, 0) is 11.3 Å². The first-order valence-corrected chi connectivity index (χ1v) is 4.91. The maximum absolute atomic E-state index is 5.20. The molecule has 1 aliphatic rings. The molecule has 0 amide bonds. The molecule has 14 heavy (non-hydrogen) atoms. The Labute approximate surface area is 82.7 Å². The lowest BCUT2D eigenvalue weighted by molar-refractivity contribution is -0.696. The average molecular weight is 186 g/mol. The van der Waals surface area contributed by atoms with E-state index in [2.05, 4.69) is 47.3 Å². The molecule has 1 aliphatic heterocycles. The summed E-state index contributed by atoms with van der Waals surface area (Å²) in [7, 11) is 0. The van der Waals surface area contributed by atoms with Crippen LogP contribution in [0.15, 0.2) is 42.7 Å². The van der Waals surface area contributed by atoms with Gasteiger partial charge in [0.15, 0.2) is 18.9 Å². The topological polar surface area (TPSA) is 16.4 Å². The van der Waals surface area contributed by atoms with Crippen LogP contribution in [0.4, 0.5) is 0 Å². The third kappa shape index (κ3) is 1.49. The maximum atomic E-state index is 5.20. The van der Waals surface area contributed by atoms with Gasteiger partial charge in [0.25, 0.3) is 0 Å². The van der Waals surface area contributed by atoms with E-state index in [1.807, 2.05) is 0 Å². The first kappa shape index (κ1) is 7.94. The fraction of sp³-hybridized carbons (Fsp3) is 0.250. The summed E-state index contributed by atoms with van der Waals surface area (Å²) >= 11 is 0. The molecule has 3 rings (SSSR count). The summed E-state index contributed by atoms with van der Waals surface area (Å²) in [5, 5.41) is 2.58. The van der Waals surface area contributed by atoms with Crippen LogP contribution >= 0.6 is 0 Å². The number of hydrogen-bond acceptors (Lipinski definition) is 1. The quantitative estimate of drug-likeness (QED) is 0.513. The number of fused-ring (bicyclic) bond motifs is 1. The van der Waals surface area contributed by atoms with Gasteiger partial charge in [0.2, 0.25) is 0 Å². The second-order valence-electron chi connectivity index (χ2n) is 3.73. The third-order valence-corrected chi connectivity index (χ3v) is 2.56. The number of rotatable bonds is 2. The lowest BCUT2D eigenvalue weighted by Gasteiger charge is -1.96. The third-order valence-electron chi connectivity index (χ3n) is 2.56. The molecule has 70 valence electrons. The highest BCUT2D eigenvalue weighted by molar-refractivity contribution is 5.80. The first-order chi connectivity index (χ1) is 6.92. The Morgan fingerprint density at radius 3 is 2.79 bits per heavy atom. The Hall–Kier alpha value is -1.41. The van der Waals surface area contributed by atoms with Gasteiger partial charge in [0.05, 0.1) is 6.61 Å². The van der Waals surface area contributed by atoms with Gasteiger partial charge in [-0.1, -0.05) is 18.2 Å². The summed E-state index contributed by atoms with van der Waals surface area (Å²) in [5.41, 5.74) is 0. The van der Waals surface area contributed by atoms with Crippen molar-refractivity contribution in [2.45, 2.75) is 12.6 Å². The van der Waals surface area contributed by atoms with Gasteiger partial charge in [0, 0.05) is 11.5 Å². The van der Waals surface area contributed by atoms with Gasteiger partial charge < -0.3 is 4.74 Å². The van der Waals surface area contributed by atoms with Crippen LogP contribution in [0.1, 0.15) is 0 Å². The van der Waals surface area contributed by atoms with Crippen LogP contribution in [0.2, 0.25) is 0 Å². The molecule has 0 unspecified atom stereocenters. The zero-order chi connectivity index (χ0) is 9.38. The zero-order valence-corrected chi connectivity index (χ0v) is 7.89. The van der Waals surface area contributed by atoms with Crippen molar-refractivity contribution in [1.29, 1.82) is 0 Å². The van der Waals surface area contributed by atoms with E-state index in [4.69, 9.17) is 4.74 Å². The van der Waals surface area contributed by atoms with Crippen LogP contribution in [0.5, 0.6) is 0 Å². The highest BCUT2D eigenvalue weighted by Gasteiger charge is 2.26. The molecule has 0 bridgehead atoms. The monoisotopic (exact) mass is 186 g/mol. The number of epoxide rings is 1. The number of benzene rings is 1. The molecule has 0 radical (unpaired) electrons. The first-order valence-electron chi connectivity index (χ1n) is 4.91. The highest BCUT2D eigenvalue weighted by atomic mass is 16.6. The highest BCUT2D eigenvalue weighted by Crippen LogP contribution is 2.11. The summed E-state index contributed by atoms with van der Waals surface area (Å²) in [6.07, 6.45) is 4.74. The Bertz CT molecular complexity index is 463.